The highest BCUT2D eigenvalue weighted by Gasteiger charge is 2.39. The molecule has 2 unspecified atom stereocenters. The Labute approximate surface area is 128 Å². The van der Waals surface area contributed by atoms with Crippen molar-refractivity contribution in [2.45, 2.75) is 52.0 Å². The second kappa shape index (κ2) is 7.60. The van der Waals surface area contributed by atoms with E-state index in [-0.39, 0.29) is 17.4 Å². The summed E-state index contributed by atoms with van der Waals surface area (Å²) in [6.45, 7) is 6.15. The molecule has 2 N–H and O–H groups in total. The first kappa shape index (κ1) is 16.0. The van der Waals surface area contributed by atoms with Crippen molar-refractivity contribution in [3.05, 3.63) is 35.9 Å². The summed E-state index contributed by atoms with van der Waals surface area (Å²) >= 11 is 0. The lowest BCUT2D eigenvalue weighted by atomic mass is 9.76. The maximum Gasteiger partial charge on any atom is 0.227 e. The molecule has 1 aliphatic heterocycles. The van der Waals surface area contributed by atoms with Gasteiger partial charge in [0.05, 0.1) is 11.5 Å². The second-order valence-electron chi connectivity index (χ2n) is 6.16. The third kappa shape index (κ3) is 3.85. The largest absolute Gasteiger partial charge is 0.349 e. The van der Waals surface area contributed by atoms with Gasteiger partial charge < -0.3 is 10.6 Å². The molecule has 0 spiro atoms. The fraction of sp³-hybridized carbons (Fsp3) is 0.611. The van der Waals surface area contributed by atoms with Crippen molar-refractivity contribution in [3.8, 4) is 0 Å². The number of carbonyl (C=O) groups excluding carboxylic acids is 1. The van der Waals surface area contributed by atoms with Gasteiger partial charge in [-0.15, -0.1) is 0 Å². The van der Waals surface area contributed by atoms with Crippen molar-refractivity contribution >= 4 is 5.91 Å². The van der Waals surface area contributed by atoms with Crippen LogP contribution >= 0.6 is 0 Å². The zero-order valence-corrected chi connectivity index (χ0v) is 13.3. The maximum atomic E-state index is 12.9. The lowest BCUT2D eigenvalue weighted by Gasteiger charge is -2.37. The standard InChI is InChI=1S/C18H28N2O/c1-3-11-18(12-8-13-19-14-18)17(21)20-16(4-2)15-9-6-5-7-10-15/h5-7,9-10,16,19H,3-4,8,11-14H2,1-2H3,(H,20,21). The second-order valence-corrected chi connectivity index (χ2v) is 6.16. The van der Waals surface area contributed by atoms with Crippen LogP contribution in [0.5, 0.6) is 0 Å². The number of hydrogen-bond acceptors (Lipinski definition) is 2. The average molecular weight is 288 g/mol. The molecule has 1 fully saturated rings. The molecule has 1 heterocycles. The number of amides is 1. The van der Waals surface area contributed by atoms with Crippen LogP contribution in [0.1, 0.15) is 57.6 Å². The molecule has 0 saturated carbocycles. The van der Waals surface area contributed by atoms with Gasteiger partial charge in [0.1, 0.15) is 0 Å². The first-order chi connectivity index (χ1) is 10.2. The number of piperidine rings is 1. The highest BCUT2D eigenvalue weighted by Crippen LogP contribution is 2.33. The van der Waals surface area contributed by atoms with Crippen LogP contribution < -0.4 is 10.6 Å². The van der Waals surface area contributed by atoms with Gasteiger partial charge in [-0.1, -0.05) is 50.6 Å². The van der Waals surface area contributed by atoms with E-state index in [1.807, 2.05) is 18.2 Å². The van der Waals surface area contributed by atoms with Crippen molar-refractivity contribution in [1.82, 2.24) is 10.6 Å². The van der Waals surface area contributed by atoms with Gasteiger partial charge in [-0.3, -0.25) is 4.79 Å². The van der Waals surface area contributed by atoms with E-state index in [0.717, 1.165) is 45.2 Å². The molecule has 2 rings (SSSR count). The molecule has 1 amide bonds. The van der Waals surface area contributed by atoms with E-state index in [1.165, 1.54) is 5.56 Å². The number of benzene rings is 1. The van der Waals surface area contributed by atoms with Crippen LogP contribution in [0.4, 0.5) is 0 Å². The van der Waals surface area contributed by atoms with E-state index in [2.05, 4.69) is 36.6 Å². The first-order valence-electron chi connectivity index (χ1n) is 8.28. The summed E-state index contributed by atoms with van der Waals surface area (Å²) in [4.78, 5) is 12.9. The molecule has 0 aromatic heterocycles. The van der Waals surface area contributed by atoms with Crippen molar-refractivity contribution in [1.29, 1.82) is 0 Å². The Morgan fingerprint density at radius 3 is 2.67 bits per heavy atom. The molecule has 0 aliphatic carbocycles. The summed E-state index contributed by atoms with van der Waals surface area (Å²) in [5.41, 5.74) is 0.985. The zero-order chi connectivity index (χ0) is 15.1. The Bertz CT molecular complexity index is 432. The van der Waals surface area contributed by atoms with E-state index in [4.69, 9.17) is 0 Å². The highest BCUT2D eigenvalue weighted by atomic mass is 16.2. The maximum absolute atomic E-state index is 12.9. The Morgan fingerprint density at radius 1 is 1.33 bits per heavy atom. The summed E-state index contributed by atoms with van der Waals surface area (Å²) < 4.78 is 0. The van der Waals surface area contributed by atoms with E-state index in [1.54, 1.807) is 0 Å². The molecule has 1 aliphatic rings. The molecular formula is C18H28N2O. The lowest BCUT2D eigenvalue weighted by Crippen LogP contribution is -2.51. The smallest absolute Gasteiger partial charge is 0.227 e. The first-order valence-corrected chi connectivity index (χ1v) is 8.28. The third-order valence-electron chi connectivity index (χ3n) is 4.60. The normalized spacial score (nSPS) is 23.5. The molecule has 116 valence electrons. The summed E-state index contributed by atoms with van der Waals surface area (Å²) in [6.07, 6.45) is 5.04. The van der Waals surface area contributed by atoms with Gasteiger partial charge in [-0.25, -0.2) is 0 Å². The van der Waals surface area contributed by atoms with Crippen LogP contribution in [0.2, 0.25) is 0 Å². The van der Waals surface area contributed by atoms with Crippen LogP contribution in [0.15, 0.2) is 30.3 Å². The average Bonchev–Trinajstić information content (AvgIpc) is 2.54. The SMILES string of the molecule is CCCC1(C(=O)NC(CC)c2ccccc2)CCCNC1. The molecule has 0 bridgehead atoms. The van der Waals surface area contributed by atoms with Gasteiger partial charge in [0.15, 0.2) is 0 Å². The summed E-state index contributed by atoms with van der Waals surface area (Å²) in [5.74, 6) is 0.229. The Hall–Kier alpha value is -1.35. The molecule has 1 aromatic rings. The molecule has 21 heavy (non-hydrogen) atoms. The van der Waals surface area contributed by atoms with Crippen LogP contribution in [0.25, 0.3) is 0 Å². The number of hydrogen-bond donors (Lipinski definition) is 2. The number of carbonyl (C=O) groups is 1. The Kier molecular flexibility index (Phi) is 5.80. The van der Waals surface area contributed by atoms with E-state index in [9.17, 15) is 4.79 Å². The quantitative estimate of drug-likeness (QED) is 0.842. The molecule has 0 radical (unpaired) electrons. The number of nitrogens with one attached hydrogen (secondary N) is 2. The highest BCUT2D eigenvalue weighted by molar-refractivity contribution is 5.83. The molecular weight excluding hydrogens is 260 g/mol. The minimum Gasteiger partial charge on any atom is -0.349 e. The summed E-state index contributed by atoms with van der Waals surface area (Å²) in [5, 5.41) is 6.71. The van der Waals surface area contributed by atoms with Gasteiger partial charge in [-0.05, 0) is 37.8 Å². The van der Waals surface area contributed by atoms with E-state index in [0.29, 0.717) is 0 Å². The Balaban J connectivity index is 2.10. The summed E-state index contributed by atoms with van der Waals surface area (Å²) in [7, 11) is 0. The van der Waals surface area contributed by atoms with Gasteiger partial charge in [0, 0.05) is 6.54 Å². The van der Waals surface area contributed by atoms with Gasteiger partial charge in [-0.2, -0.15) is 0 Å². The predicted molar refractivity (Wildman–Crippen MR) is 87.1 cm³/mol. The zero-order valence-electron chi connectivity index (χ0n) is 13.3. The summed E-state index contributed by atoms with van der Waals surface area (Å²) in [6, 6.07) is 10.4. The van der Waals surface area contributed by atoms with Crippen LogP contribution in [-0.4, -0.2) is 19.0 Å². The number of rotatable bonds is 6. The minimum atomic E-state index is -0.213. The van der Waals surface area contributed by atoms with Gasteiger partial charge >= 0.3 is 0 Å². The van der Waals surface area contributed by atoms with Gasteiger partial charge in [0.2, 0.25) is 5.91 Å². The monoisotopic (exact) mass is 288 g/mol. The van der Waals surface area contributed by atoms with Crippen LogP contribution in [0, 0.1) is 5.41 Å². The fourth-order valence-electron chi connectivity index (χ4n) is 3.38. The van der Waals surface area contributed by atoms with Crippen molar-refractivity contribution in [2.24, 2.45) is 5.41 Å². The molecule has 2 atom stereocenters. The molecule has 3 nitrogen and oxygen atoms in total. The van der Waals surface area contributed by atoms with E-state index >= 15 is 0 Å². The Morgan fingerprint density at radius 2 is 2.10 bits per heavy atom. The van der Waals surface area contributed by atoms with Gasteiger partial charge in [0.25, 0.3) is 0 Å². The van der Waals surface area contributed by atoms with Crippen molar-refractivity contribution in [3.63, 3.8) is 0 Å². The molecule has 1 saturated heterocycles. The van der Waals surface area contributed by atoms with Crippen LogP contribution in [-0.2, 0) is 4.79 Å². The lowest BCUT2D eigenvalue weighted by molar-refractivity contribution is -0.133. The van der Waals surface area contributed by atoms with Crippen molar-refractivity contribution < 1.29 is 4.79 Å². The van der Waals surface area contributed by atoms with E-state index < -0.39 is 0 Å². The topological polar surface area (TPSA) is 41.1 Å². The predicted octanol–water partition coefficient (Wildman–Crippen LogP) is 3.42. The fourth-order valence-corrected chi connectivity index (χ4v) is 3.38. The molecule has 3 heteroatoms. The minimum absolute atomic E-state index is 0.120. The van der Waals surface area contributed by atoms with Crippen LogP contribution in [0.3, 0.4) is 0 Å². The third-order valence-corrected chi connectivity index (χ3v) is 4.60. The molecule has 1 aromatic carbocycles. The van der Waals surface area contributed by atoms with Crippen molar-refractivity contribution in [2.75, 3.05) is 13.1 Å².